The average Bonchev–Trinajstić information content (AvgIpc) is 3.49. The van der Waals surface area contributed by atoms with Crippen LogP contribution in [0.4, 0.5) is 0 Å². The van der Waals surface area contributed by atoms with Gasteiger partial charge in [0.05, 0.1) is 19.2 Å². The fourth-order valence-corrected chi connectivity index (χ4v) is 5.40. The summed E-state index contributed by atoms with van der Waals surface area (Å²) in [7, 11) is 0. The number of epoxide rings is 1. The number of nitrogens with zero attached hydrogens (tertiary/aromatic N) is 1. The molecule has 0 aromatic heterocycles. The third-order valence-corrected chi connectivity index (χ3v) is 7.74. The monoisotopic (exact) mass is 564 g/mol. The molecule has 3 N–H and O–H groups in total. The summed E-state index contributed by atoms with van der Waals surface area (Å²) in [5, 5.41) is 10.3. The van der Waals surface area contributed by atoms with Gasteiger partial charge in [-0.25, -0.2) is 0 Å². The van der Waals surface area contributed by atoms with Crippen LogP contribution >= 0.6 is 0 Å². The minimum Gasteiger partial charge on any atom is -0.361 e. The highest BCUT2D eigenvalue weighted by Gasteiger charge is 2.50. The van der Waals surface area contributed by atoms with E-state index in [-0.39, 0.29) is 36.5 Å². The van der Waals surface area contributed by atoms with E-state index in [9.17, 15) is 24.0 Å². The summed E-state index contributed by atoms with van der Waals surface area (Å²) in [6.07, 6.45) is 1.71. The van der Waals surface area contributed by atoms with Gasteiger partial charge in [-0.05, 0) is 48.4 Å². The van der Waals surface area contributed by atoms with Gasteiger partial charge in [0.25, 0.3) is 0 Å². The standard InChI is InChI=1S/C31H40N4O6/c1-19(2)15-24(28(38)31(4)18-41-31)33-29(39)25(16-22-11-7-10-21-9-5-6-12-23(21)22)34-30(40)26-13-8-14-35(26)27(37)17-32-20(3)36/h5-7,9-12,19,24-26H,8,13-18H2,1-4H3,(H,32,36)(H,33,39)(H,34,40)/t24-,25-,26-,31+/m0/s1. The van der Waals surface area contributed by atoms with Crippen molar-refractivity contribution in [2.24, 2.45) is 5.92 Å². The molecule has 2 aromatic rings. The zero-order valence-electron chi connectivity index (χ0n) is 24.2. The summed E-state index contributed by atoms with van der Waals surface area (Å²) in [5.41, 5.74) is -0.0300. The maximum absolute atomic E-state index is 13.8. The topological polar surface area (TPSA) is 137 Å². The molecule has 4 amide bonds. The van der Waals surface area contributed by atoms with Crippen molar-refractivity contribution in [3.05, 3.63) is 48.0 Å². The Morgan fingerprint density at radius 1 is 1.02 bits per heavy atom. The quantitative estimate of drug-likeness (QED) is 0.337. The minimum atomic E-state index is -0.989. The number of hydrogen-bond acceptors (Lipinski definition) is 6. The number of carbonyl (C=O) groups excluding carboxylic acids is 5. The van der Waals surface area contributed by atoms with Crippen molar-refractivity contribution in [3.8, 4) is 0 Å². The van der Waals surface area contributed by atoms with Gasteiger partial charge in [-0.1, -0.05) is 56.3 Å². The number of Topliss-reactive ketones (excluding diaryl/α,β-unsaturated/α-hetero) is 1. The molecule has 0 saturated carbocycles. The Balaban J connectivity index is 1.57. The van der Waals surface area contributed by atoms with Gasteiger partial charge < -0.3 is 25.6 Å². The lowest BCUT2D eigenvalue weighted by atomic mass is 9.92. The van der Waals surface area contributed by atoms with E-state index in [1.807, 2.05) is 56.3 Å². The van der Waals surface area contributed by atoms with Crippen molar-refractivity contribution >= 4 is 40.2 Å². The van der Waals surface area contributed by atoms with E-state index in [4.69, 9.17) is 4.74 Å². The Kier molecular flexibility index (Phi) is 9.42. The van der Waals surface area contributed by atoms with Crippen molar-refractivity contribution in [1.29, 1.82) is 0 Å². The summed E-state index contributed by atoms with van der Waals surface area (Å²) < 4.78 is 5.37. The van der Waals surface area contributed by atoms with E-state index in [0.717, 1.165) is 16.3 Å². The molecule has 220 valence electrons. The van der Waals surface area contributed by atoms with Gasteiger partial charge in [0, 0.05) is 19.9 Å². The number of hydrogen-bond donors (Lipinski definition) is 3. The Bertz CT molecular complexity index is 1320. The zero-order chi connectivity index (χ0) is 29.7. The van der Waals surface area contributed by atoms with E-state index in [2.05, 4.69) is 16.0 Å². The fourth-order valence-electron chi connectivity index (χ4n) is 5.40. The number of carbonyl (C=O) groups is 5. The van der Waals surface area contributed by atoms with Gasteiger partial charge in [0.15, 0.2) is 5.78 Å². The molecular weight excluding hydrogens is 524 g/mol. The number of benzene rings is 2. The lowest BCUT2D eigenvalue weighted by molar-refractivity contribution is -0.139. The molecule has 10 heteroatoms. The van der Waals surface area contributed by atoms with Crippen LogP contribution < -0.4 is 16.0 Å². The van der Waals surface area contributed by atoms with Crippen LogP contribution in [-0.4, -0.2) is 77.7 Å². The summed E-state index contributed by atoms with van der Waals surface area (Å²) >= 11 is 0. The molecule has 2 aliphatic rings. The minimum absolute atomic E-state index is 0.138. The highest BCUT2D eigenvalue weighted by Crippen LogP contribution is 2.30. The van der Waals surface area contributed by atoms with Crippen LogP contribution in [0.1, 0.15) is 52.5 Å². The lowest BCUT2D eigenvalue weighted by Crippen LogP contribution is -2.57. The second-order valence-electron chi connectivity index (χ2n) is 11.6. The van der Waals surface area contributed by atoms with E-state index in [1.165, 1.54) is 11.8 Å². The molecule has 2 aromatic carbocycles. The molecule has 0 aliphatic carbocycles. The van der Waals surface area contributed by atoms with Crippen molar-refractivity contribution in [2.45, 2.75) is 77.1 Å². The Morgan fingerprint density at radius 2 is 1.73 bits per heavy atom. The van der Waals surface area contributed by atoms with Crippen LogP contribution in [0.3, 0.4) is 0 Å². The first-order valence-electron chi connectivity index (χ1n) is 14.3. The van der Waals surface area contributed by atoms with Gasteiger partial charge in [0.2, 0.25) is 23.6 Å². The largest absolute Gasteiger partial charge is 0.361 e. The number of rotatable bonds is 12. The number of ketones is 1. The fraction of sp³-hybridized carbons (Fsp3) is 0.516. The van der Waals surface area contributed by atoms with Crippen LogP contribution in [0.15, 0.2) is 42.5 Å². The maximum atomic E-state index is 13.8. The normalized spacial score (nSPS) is 21.3. The molecule has 4 atom stereocenters. The van der Waals surface area contributed by atoms with E-state index >= 15 is 0 Å². The van der Waals surface area contributed by atoms with E-state index < -0.39 is 35.5 Å². The highest BCUT2D eigenvalue weighted by atomic mass is 16.6. The van der Waals surface area contributed by atoms with Crippen molar-refractivity contribution in [3.63, 3.8) is 0 Å². The number of amides is 4. The first kappa shape index (κ1) is 30.2. The molecule has 2 heterocycles. The number of nitrogens with one attached hydrogen (secondary N) is 3. The van der Waals surface area contributed by atoms with Gasteiger partial charge in [0.1, 0.15) is 17.7 Å². The maximum Gasteiger partial charge on any atom is 0.243 e. The molecular formula is C31H40N4O6. The van der Waals surface area contributed by atoms with Crippen LogP contribution in [-0.2, 0) is 35.1 Å². The molecule has 2 fully saturated rings. The molecule has 2 aliphatic heterocycles. The van der Waals surface area contributed by atoms with Crippen LogP contribution in [0.5, 0.6) is 0 Å². The Hall–Kier alpha value is -3.79. The molecule has 0 bridgehead atoms. The third kappa shape index (κ3) is 7.49. The SMILES string of the molecule is CC(=O)NCC(=O)N1CCC[C@H]1C(=O)N[C@@H](Cc1cccc2ccccc12)C(=O)N[C@@H](CC(C)C)C(=O)[C@@]1(C)CO1. The number of fused-ring (bicyclic) bond motifs is 1. The predicted molar refractivity (Wildman–Crippen MR) is 154 cm³/mol. The summed E-state index contributed by atoms with van der Waals surface area (Å²) in [6, 6.07) is 11.1. The smallest absolute Gasteiger partial charge is 0.243 e. The van der Waals surface area contributed by atoms with Gasteiger partial charge in [-0.15, -0.1) is 0 Å². The van der Waals surface area contributed by atoms with E-state index in [1.54, 1.807) is 6.92 Å². The Morgan fingerprint density at radius 3 is 2.41 bits per heavy atom. The summed E-state index contributed by atoms with van der Waals surface area (Å²) in [5.74, 6) is -1.64. The van der Waals surface area contributed by atoms with Crippen molar-refractivity contribution in [2.75, 3.05) is 19.7 Å². The van der Waals surface area contributed by atoms with Crippen LogP contribution in [0.25, 0.3) is 10.8 Å². The number of likely N-dealkylation sites (tertiary alicyclic amines) is 1. The predicted octanol–water partition coefficient (Wildman–Crippen LogP) is 1.88. The van der Waals surface area contributed by atoms with Crippen molar-refractivity contribution in [1.82, 2.24) is 20.9 Å². The van der Waals surface area contributed by atoms with E-state index in [0.29, 0.717) is 32.4 Å². The third-order valence-electron chi connectivity index (χ3n) is 7.74. The number of ether oxygens (including phenoxy) is 1. The van der Waals surface area contributed by atoms with Gasteiger partial charge >= 0.3 is 0 Å². The second kappa shape index (κ2) is 12.8. The van der Waals surface area contributed by atoms with Gasteiger partial charge in [-0.3, -0.25) is 24.0 Å². The zero-order valence-corrected chi connectivity index (χ0v) is 24.2. The lowest BCUT2D eigenvalue weighted by Gasteiger charge is -2.28. The van der Waals surface area contributed by atoms with Crippen LogP contribution in [0, 0.1) is 5.92 Å². The van der Waals surface area contributed by atoms with Gasteiger partial charge in [-0.2, -0.15) is 0 Å². The molecule has 2 saturated heterocycles. The first-order valence-corrected chi connectivity index (χ1v) is 14.3. The second-order valence-corrected chi connectivity index (χ2v) is 11.6. The molecule has 0 spiro atoms. The average molecular weight is 565 g/mol. The Labute approximate surface area is 240 Å². The van der Waals surface area contributed by atoms with Crippen molar-refractivity contribution < 1.29 is 28.7 Å². The molecule has 0 radical (unpaired) electrons. The summed E-state index contributed by atoms with van der Waals surface area (Å²) in [6.45, 7) is 7.51. The van der Waals surface area contributed by atoms with Crippen LogP contribution in [0.2, 0.25) is 0 Å². The summed E-state index contributed by atoms with van der Waals surface area (Å²) in [4.78, 5) is 66.1. The molecule has 41 heavy (non-hydrogen) atoms. The highest BCUT2D eigenvalue weighted by molar-refractivity contribution is 5.99. The molecule has 4 rings (SSSR count). The first-order chi connectivity index (χ1) is 19.5. The molecule has 10 nitrogen and oxygen atoms in total. The molecule has 0 unspecified atom stereocenters.